The van der Waals surface area contributed by atoms with Crippen LogP contribution in [0.2, 0.25) is 10.0 Å². The first-order valence-corrected chi connectivity index (χ1v) is 5.61. The third-order valence-corrected chi connectivity index (χ3v) is 2.97. The summed E-state index contributed by atoms with van der Waals surface area (Å²) in [6.07, 6.45) is 0. The molecule has 16 heavy (non-hydrogen) atoms. The quantitative estimate of drug-likeness (QED) is 0.600. The van der Waals surface area contributed by atoms with Gasteiger partial charge in [0, 0.05) is 10.0 Å². The van der Waals surface area contributed by atoms with Crippen LogP contribution in [-0.2, 0) is 0 Å². The van der Waals surface area contributed by atoms with Crippen molar-refractivity contribution in [3.05, 3.63) is 46.4 Å². The summed E-state index contributed by atoms with van der Waals surface area (Å²) in [5.74, 6) is 0. The third-order valence-electron chi connectivity index (χ3n) is 2.50. The van der Waals surface area contributed by atoms with Gasteiger partial charge in [-0.2, -0.15) is 0 Å². The first-order chi connectivity index (χ1) is 7.72. The number of fused-ring (bicyclic) bond motifs is 2. The van der Waals surface area contributed by atoms with Crippen LogP contribution in [0.3, 0.4) is 0 Å². The van der Waals surface area contributed by atoms with E-state index in [1.165, 1.54) is 0 Å². The lowest BCUT2D eigenvalue weighted by atomic mass is 10.1. The number of rotatable bonds is 0. The Labute approximate surface area is 103 Å². The molecule has 0 aromatic heterocycles. The largest absolute Gasteiger partial charge is 0.352 e. The summed E-state index contributed by atoms with van der Waals surface area (Å²) in [5.41, 5.74) is 3.95. The molecule has 0 aliphatic carbocycles. The molecule has 0 amide bonds. The van der Waals surface area contributed by atoms with Crippen LogP contribution in [0, 0.1) is 0 Å². The first-order valence-electron chi connectivity index (χ1n) is 4.85. The van der Waals surface area contributed by atoms with Crippen LogP contribution in [0.5, 0.6) is 0 Å². The maximum absolute atomic E-state index is 5.94. The predicted octanol–water partition coefficient (Wildman–Crippen LogP) is 4.79. The Bertz CT molecular complexity index is 517. The van der Waals surface area contributed by atoms with Crippen LogP contribution in [-0.4, -0.2) is 0 Å². The molecule has 2 aromatic carbocycles. The SMILES string of the molecule is Clc1ccc2c(c1)Nc1cc(Cl)ccc1N2. The highest BCUT2D eigenvalue weighted by atomic mass is 35.5. The second kappa shape index (κ2) is 3.58. The number of anilines is 4. The van der Waals surface area contributed by atoms with E-state index in [2.05, 4.69) is 10.6 Å². The van der Waals surface area contributed by atoms with Gasteiger partial charge < -0.3 is 10.6 Å². The van der Waals surface area contributed by atoms with Crippen LogP contribution in [0.1, 0.15) is 0 Å². The van der Waals surface area contributed by atoms with Gasteiger partial charge in [-0.3, -0.25) is 0 Å². The molecule has 2 nitrogen and oxygen atoms in total. The normalized spacial score (nSPS) is 12.1. The van der Waals surface area contributed by atoms with Gasteiger partial charge in [-0.25, -0.2) is 0 Å². The van der Waals surface area contributed by atoms with Crippen molar-refractivity contribution < 1.29 is 0 Å². The van der Waals surface area contributed by atoms with E-state index in [4.69, 9.17) is 23.2 Å². The fourth-order valence-electron chi connectivity index (χ4n) is 1.75. The number of benzene rings is 2. The van der Waals surface area contributed by atoms with E-state index >= 15 is 0 Å². The van der Waals surface area contributed by atoms with Gasteiger partial charge in [0.25, 0.3) is 0 Å². The average molecular weight is 251 g/mol. The summed E-state index contributed by atoms with van der Waals surface area (Å²) in [5, 5.41) is 8.02. The number of hydrogen-bond acceptors (Lipinski definition) is 2. The van der Waals surface area contributed by atoms with E-state index in [-0.39, 0.29) is 0 Å². The lowest BCUT2D eigenvalue weighted by molar-refractivity contribution is 1.45. The van der Waals surface area contributed by atoms with E-state index in [1.54, 1.807) is 0 Å². The van der Waals surface area contributed by atoms with Crippen molar-refractivity contribution in [2.75, 3.05) is 10.6 Å². The summed E-state index contributed by atoms with van der Waals surface area (Å²) in [7, 11) is 0. The minimum absolute atomic E-state index is 0.707. The minimum atomic E-state index is 0.707. The van der Waals surface area contributed by atoms with E-state index in [9.17, 15) is 0 Å². The molecule has 0 saturated carbocycles. The molecule has 0 atom stereocenters. The highest BCUT2D eigenvalue weighted by molar-refractivity contribution is 6.31. The van der Waals surface area contributed by atoms with E-state index in [0.717, 1.165) is 22.7 Å². The van der Waals surface area contributed by atoms with Crippen molar-refractivity contribution in [2.24, 2.45) is 0 Å². The highest BCUT2D eigenvalue weighted by Crippen LogP contribution is 2.40. The second-order valence-corrected chi connectivity index (χ2v) is 4.50. The topological polar surface area (TPSA) is 24.1 Å². The third kappa shape index (κ3) is 1.60. The molecule has 2 aromatic rings. The molecule has 3 rings (SSSR count). The molecule has 0 spiro atoms. The molecule has 1 aliphatic rings. The van der Waals surface area contributed by atoms with Crippen molar-refractivity contribution in [3.8, 4) is 0 Å². The Balaban J connectivity index is 2.10. The van der Waals surface area contributed by atoms with Crippen molar-refractivity contribution >= 4 is 46.0 Å². The summed E-state index contributed by atoms with van der Waals surface area (Å²) < 4.78 is 0. The zero-order valence-electron chi connectivity index (χ0n) is 8.22. The van der Waals surface area contributed by atoms with Crippen molar-refractivity contribution in [1.82, 2.24) is 0 Å². The fourth-order valence-corrected chi connectivity index (χ4v) is 2.09. The summed E-state index contributed by atoms with van der Waals surface area (Å²) in [6, 6.07) is 11.4. The summed E-state index contributed by atoms with van der Waals surface area (Å²) in [6.45, 7) is 0. The molecule has 1 heterocycles. The number of nitrogens with one attached hydrogen (secondary N) is 2. The van der Waals surface area contributed by atoms with Crippen LogP contribution in [0.15, 0.2) is 36.4 Å². The predicted molar refractivity (Wildman–Crippen MR) is 69.5 cm³/mol. The van der Waals surface area contributed by atoms with Gasteiger partial charge in [-0.15, -0.1) is 0 Å². The molecule has 80 valence electrons. The second-order valence-electron chi connectivity index (χ2n) is 3.63. The summed E-state index contributed by atoms with van der Waals surface area (Å²) in [4.78, 5) is 0. The zero-order chi connectivity index (χ0) is 11.1. The Morgan fingerprint density at radius 1 is 0.625 bits per heavy atom. The first kappa shape index (κ1) is 9.82. The van der Waals surface area contributed by atoms with E-state index in [0.29, 0.717) is 10.0 Å². The smallest absolute Gasteiger partial charge is 0.0639 e. The van der Waals surface area contributed by atoms with Crippen molar-refractivity contribution in [3.63, 3.8) is 0 Å². The maximum atomic E-state index is 5.94. The summed E-state index contributed by atoms with van der Waals surface area (Å²) >= 11 is 11.9. The van der Waals surface area contributed by atoms with Crippen LogP contribution >= 0.6 is 23.2 Å². The van der Waals surface area contributed by atoms with Gasteiger partial charge in [0.05, 0.1) is 22.7 Å². The molecule has 0 unspecified atom stereocenters. The Hall–Kier alpha value is -1.38. The van der Waals surface area contributed by atoms with Crippen LogP contribution in [0.25, 0.3) is 0 Å². The Morgan fingerprint density at radius 3 is 1.56 bits per heavy atom. The Morgan fingerprint density at radius 2 is 1.06 bits per heavy atom. The van der Waals surface area contributed by atoms with Gasteiger partial charge in [0.15, 0.2) is 0 Å². The van der Waals surface area contributed by atoms with Gasteiger partial charge in [0.2, 0.25) is 0 Å². The molecule has 0 bridgehead atoms. The van der Waals surface area contributed by atoms with E-state index < -0.39 is 0 Å². The molecule has 0 radical (unpaired) electrons. The monoisotopic (exact) mass is 250 g/mol. The highest BCUT2D eigenvalue weighted by Gasteiger charge is 2.14. The van der Waals surface area contributed by atoms with Gasteiger partial charge in [0.1, 0.15) is 0 Å². The molecule has 4 heteroatoms. The van der Waals surface area contributed by atoms with Gasteiger partial charge in [-0.05, 0) is 36.4 Å². The van der Waals surface area contributed by atoms with E-state index in [1.807, 2.05) is 36.4 Å². The van der Waals surface area contributed by atoms with Crippen molar-refractivity contribution in [2.45, 2.75) is 0 Å². The lowest BCUT2D eigenvalue weighted by Crippen LogP contribution is -2.05. The number of halogens is 2. The molecular weight excluding hydrogens is 243 g/mol. The molecule has 0 saturated heterocycles. The molecule has 2 N–H and O–H groups in total. The number of hydrogen-bond donors (Lipinski definition) is 2. The van der Waals surface area contributed by atoms with Gasteiger partial charge >= 0.3 is 0 Å². The maximum Gasteiger partial charge on any atom is 0.0639 e. The van der Waals surface area contributed by atoms with Gasteiger partial charge in [-0.1, -0.05) is 23.2 Å². The molecule has 0 fully saturated rings. The molecule has 1 aliphatic heterocycles. The zero-order valence-corrected chi connectivity index (χ0v) is 9.73. The lowest BCUT2D eigenvalue weighted by Gasteiger charge is -2.23. The standard InChI is InChI=1S/C12H8Cl2N2/c13-7-1-3-9-11(5-7)16-12-6-8(14)2-4-10(12)15-9/h1-6,15-16H. The van der Waals surface area contributed by atoms with Crippen LogP contribution < -0.4 is 10.6 Å². The van der Waals surface area contributed by atoms with Crippen LogP contribution in [0.4, 0.5) is 22.7 Å². The molecular formula is C12H8Cl2N2. The minimum Gasteiger partial charge on any atom is -0.352 e. The Kier molecular flexibility index (Phi) is 2.20. The van der Waals surface area contributed by atoms with Crippen molar-refractivity contribution in [1.29, 1.82) is 0 Å². The fraction of sp³-hybridized carbons (Fsp3) is 0. The average Bonchev–Trinajstić information content (AvgIpc) is 2.26.